The molecule has 2 aromatic heterocycles. The van der Waals surface area contributed by atoms with E-state index in [1.165, 1.54) is 0 Å². The smallest absolute Gasteiger partial charge is 0.269 e. The number of nitrogens with zero attached hydrogens (tertiary/aromatic N) is 2. The summed E-state index contributed by atoms with van der Waals surface area (Å²) in [6.07, 6.45) is 1.74. The zero-order valence-corrected chi connectivity index (χ0v) is 10.3. The van der Waals surface area contributed by atoms with Gasteiger partial charge < -0.3 is 5.43 Å². The summed E-state index contributed by atoms with van der Waals surface area (Å²) in [4.78, 5) is 16.2. The summed E-state index contributed by atoms with van der Waals surface area (Å²) in [7, 11) is 0. The minimum absolute atomic E-state index is 0.0744. The fraction of sp³-hybridized carbons (Fsp3) is 0.0667. The van der Waals surface area contributed by atoms with E-state index in [4.69, 9.17) is 0 Å². The van der Waals surface area contributed by atoms with Crippen LogP contribution in [0.1, 0.15) is 5.69 Å². The number of para-hydroxylation sites is 1. The topological polar surface area (TPSA) is 46.9 Å². The Labute approximate surface area is 110 Å². The molecule has 0 fully saturated rings. The molecule has 3 aromatic rings. The molecule has 0 aliphatic heterocycles. The first-order valence-corrected chi connectivity index (χ1v) is 6.09. The monoisotopic (exact) mass is 251 g/mol. The number of pyridine rings is 2. The van der Waals surface area contributed by atoms with E-state index < -0.39 is 0 Å². The Hall–Kier alpha value is -2.62. The number of hydrogen-bond donors (Lipinski definition) is 1. The lowest BCUT2D eigenvalue weighted by Gasteiger charge is -2.12. The lowest BCUT2D eigenvalue weighted by molar-refractivity contribution is 0.819. The second-order valence-electron chi connectivity index (χ2n) is 4.22. The van der Waals surface area contributed by atoms with E-state index in [0.29, 0.717) is 6.54 Å². The summed E-state index contributed by atoms with van der Waals surface area (Å²) in [6.45, 7) is 0.509. The predicted molar refractivity (Wildman–Crippen MR) is 75.5 cm³/mol. The lowest BCUT2D eigenvalue weighted by atomic mass is 10.2. The fourth-order valence-electron chi connectivity index (χ4n) is 2.01. The maximum atomic E-state index is 11.9. The average molecular weight is 251 g/mol. The zero-order chi connectivity index (χ0) is 13.1. The van der Waals surface area contributed by atoms with Crippen molar-refractivity contribution in [2.45, 2.75) is 6.54 Å². The van der Waals surface area contributed by atoms with Crippen LogP contribution in [0, 0.1) is 0 Å². The van der Waals surface area contributed by atoms with Gasteiger partial charge in [0.2, 0.25) is 0 Å². The Kier molecular flexibility index (Phi) is 2.98. The summed E-state index contributed by atoms with van der Waals surface area (Å²) >= 11 is 0. The van der Waals surface area contributed by atoms with Gasteiger partial charge in [0.25, 0.3) is 5.56 Å². The van der Waals surface area contributed by atoms with Crippen LogP contribution in [0.4, 0.5) is 0 Å². The number of rotatable bonds is 3. The normalized spacial score (nSPS) is 10.5. The molecule has 0 amide bonds. The van der Waals surface area contributed by atoms with Gasteiger partial charge in [0.1, 0.15) is 0 Å². The highest BCUT2D eigenvalue weighted by Crippen LogP contribution is 2.09. The van der Waals surface area contributed by atoms with Crippen LogP contribution in [0.2, 0.25) is 0 Å². The molecule has 0 aliphatic carbocycles. The average Bonchev–Trinajstić information content (AvgIpc) is 2.47. The molecule has 1 N–H and O–H groups in total. The standard InChI is InChI=1S/C15H13N3O/c19-15-9-8-12-5-1-2-7-14(12)18(15)17-11-13-6-3-4-10-16-13/h1-10,17H,11H2. The lowest BCUT2D eigenvalue weighted by Crippen LogP contribution is -2.28. The van der Waals surface area contributed by atoms with Crippen molar-refractivity contribution in [2.75, 3.05) is 5.43 Å². The van der Waals surface area contributed by atoms with Gasteiger partial charge in [0, 0.05) is 17.6 Å². The second kappa shape index (κ2) is 4.94. The molecule has 94 valence electrons. The number of nitrogens with one attached hydrogen (secondary N) is 1. The van der Waals surface area contributed by atoms with Crippen LogP contribution >= 0.6 is 0 Å². The van der Waals surface area contributed by atoms with Gasteiger partial charge >= 0.3 is 0 Å². The zero-order valence-electron chi connectivity index (χ0n) is 10.3. The van der Waals surface area contributed by atoms with Gasteiger partial charge in [-0.05, 0) is 24.3 Å². The van der Waals surface area contributed by atoms with Gasteiger partial charge in [-0.15, -0.1) is 0 Å². The van der Waals surface area contributed by atoms with Gasteiger partial charge in [-0.1, -0.05) is 24.3 Å². The third-order valence-corrected chi connectivity index (χ3v) is 2.95. The maximum Gasteiger partial charge on any atom is 0.269 e. The van der Waals surface area contributed by atoms with Gasteiger partial charge in [0.15, 0.2) is 0 Å². The highest BCUT2D eigenvalue weighted by molar-refractivity contribution is 5.78. The molecule has 0 saturated heterocycles. The van der Waals surface area contributed by atoms with Crippen LogP contribution in [0.3, 0.4) is 0 Å². The summed E-state index contributed by atoms with van der Waals surface area (Å²) in [5, 5.41) is 1.02. The van der Waals surface area contributed by atoms with Crippen molar-refractivity contribution < 1.29 is 0 Å². The Bertz CT molecular complexity index is 750. The Morgan fingerprint density at radius 2 is 1.84 bits per heavy atom. The summed E-state index contributed by atoms with van der Waals surface area (Å²) in [5.41, 5.74) is 4.80. The Balaban J connectivity index is 1.96. The number of fused-ring (bicyclic) bond motifs is 1. The number of benzene rings is 1. The van der Waals surface area contributed by atoms with Gasteiger partial charge in [-0.3, -0.25) is 9.78 Å². The van der Waals surface area contributed by atoms with Crippen molar-refractivity contribution in [3.63, 3.8) is 0 Å². The van der Waals surface area contributed by atoms with E-state index in [-0.39, 0.29) is 5.56 Å². The Morgan fingerprint density at radius 1 is 1.00 bits per heavy atom. The first kappa shape index (κ1) is 11.5. The van der Waals surface area contributed by atoms with Gasteiger partial charge in [0.05, 0.1) is 17.8 Å². The van der Waals surface area contributed by atoms with Crippen LogP contribution < -0.4 is 11.0 Å². The first-order chi connectivity index (χ1) is 9.34. The van der Waals surface area contributed by atoms with Crippen LogP contribution in [0.5, 0.6) is 0 Å². The van der Waals surface area contributed by atoms with Crippen molar-refractivity contribution in [3.8, 4) is 0 Å². The van der Waals surface area contributed by atoms with E-state index in [1.54, 1.807) is 16.9 Å². The van der Waals surface area contributed by atoms with Crippen LogP contribution in [0.15, 0.2) is 65.6 Å². The Morgan fingerprint density at radius 3 is 2.68 bits per heavy atom. The third kappa shape index (κ3) is 2.33. The van der Waals surface area contributed by atoms with E-state index in [2.05, 4.69) is 10.4 Å². The van der Waals surface area contributed by atoms with Gasteiger partial charge in [-0.25, -0.2) is 4.68 Å². The second-order valence-corrected chi connectivity index (χ2v) is 4.22. The molecule has 0 atom stereocenters. The number of aromatic nitrogens is 2. The molecule has 0 bridgehead atoms. The molecule has 0 aliphatic rings. The van der Waals surface area contributed by atoms with Crippen molar-refractivity contribution in [1.82, 2.24) is 9.66 Å². The van der Waals surface area contributed by atoms with Crippen molar-refractivity contribution in [3.05, 3.63) is 76.8 Å². The maximum absolute atomic E-state index is 11.9. The van der Waals surface area contributed by atoms with E-state index in [1.807, 2.05) is 48.5 Å². The minimum atomic E-state index is -0.0744. The minimum Gasteiger partial charge on any atom is -0.317 e. The SMILES string of the molecule is O=c1ccc2ccccc2n1NCc1ccccn1. The molecule has 0 radical (unpaired) electrons. The molecular formula is C15H13N3O. The summed E-state index contributed by atoms with van der Waals surface area (Å²) in [6, 6.07) is 16.9. The van der Waals surface area contributed by atoms with E-state index in [0.717, 1.165) is 16.6 Å². The van der Waals surface area contributed by atoms with Gasteiger partial charge in [-0.2, -0.15) is 0 Å². The molecule has 0 unspecified atom stereocenters. The molecule has 4 nitrogen and oxygen atoms in total. The van der Waals surface area contributed by atoms with Crippen LogP contribution in [-0.2, 0) is 6.54 Å². The summed E-state index contributed by atoms with van der Waals surface area (Å²) < 4.78 is 1.56. The highest BCUT2D eigenvalue weighted by Gasteiger charge is 2.01. The molecule has 0 saturated carbocycles. The molecule has 3 rings (SSSR count). The summed E-state index contributed by atoms with van der Waals surface area (Å²) in [5.74, 6) is 0. The largest absolute Gasteiger partial charge is 0.317 e. The van der Waals surface area contributed by atoms with Crippen molar-refractivity contribution in [1.29, 1.82) is 0 Å². The fourth-order valence-corrected chi connectivity index (χ4v) is 2.01. The molecule has 4 heteroatoms. The molecule has 2 heterocycles. The number of hydrogen-bond acceptors (Lipinski definition) is 3. The highest BCUT2D eigenvalue weighted by atomic mass is 16.1. The third-order valence-electron chi connectivity index (χ3n) is 2.95. The first-order valence-electron chi connectivity index (χ1n) is 6.09. The van der Waals surface area contributed by atoms with Crippen LogP contribution in [0.25, 0.3) is 10.9 Å². The van der Waals surface area contributed by atoms with Crippen molar-refractivity contribution in [2.24, 2.45) is 0 Å². The van der Waals surface area contributed by atoms with E-state index in [9.17, 15) is 4.79 Å². The molecule has 0 spiro atoms. The quantitative estimate of drug-likeness (QED) is 0.775. The molecule has 1 aromatic carbocycles. The van der Waals surface area contributed by atoms with Crippen LogP contribution in [-0.4, -0.2) is 9.66 Å². The predicted octanol–water partition coefficient (Wildman–Crippen LogP) is 2.14. The molecular weight excluding hydrogens is 238 g/mol. The molecule has 19 heavy (non-hydrogen) atoms. The van der Waals surface area contributed by atoms with Crippen molar-refractivity contribution >= 4 is 10.9 Å². The van der Waals surface area contributed by atoms with E-state index >= 15 is 0 Å².